The molecule has 0 unspecified atom stereocenters. The number of hydrogen-bond acceptors (Lipinski definition) is 3. The number of rotatable bonds is 3. The lowest BCUT2D eigenvalue weighted by Gasteiger charge is -2.10. The van der Waals surface area contributed by atoms with Gasteiger partial charge in [0.25, 0.3) is 0 Å². The Balaban J connectivity index is 2.04. The van der Waals surface area contributed by atoms with Gasteiger partial charge in [0.1, 0.15) is 17.2 Å². The maximum Gasteiger partial charge on any atom is 0.573 e. The molecular formula is C13H10F3NO2. The first kappa shape index (κ1) is 13.1. The molecule has 0 aliphatic heterocycles. The van der Waals surface area contributed by atoms with Crippen LogP contribution in [-0.4, -0.2) is 6.36 Å². The fraction of sp³-hybridized carbons (Fsp3) is 0.0769. The van der Waals surface area contributed by atoms with E-state index in [-0.39, 0.29) is 5.75 Å². The summed E-state index contributed by atoms with van der Waals surface area (Å²) in [6.45, 7) is 0. The van der Waals surface area contributed by atoms with Crippen molar-refractivity contribution >= 4 is 5.69 Å². The fourth-order valence-corrected chi connectivity index (χ4v) is 1.38. The van der Waals surface area contributed by atoms with Crippen LogP contribution in [0.5, 0.6) is 17.2 Å². The molecule has 0 aliphatic rings. The minimum Gasteiger partial charge on any atom is -0.457 e. The third-order valence-corrected chi connectivity index (χ3v) is 2.17. The van der Waals surface area contributed by atoms with Gasteiger partial charge in [-0.1, -0.05) is 0 Å². The van der Waals surface area contributed by atoms with E-state index in [9.17, 15) is 13.2 Å². The number of benzene rings is 2. The van der Waals surface area contributed by atoms with Crippen LogP contribution in [0.15, 0.2) is 48.5 Å². The van der Waals surface area contributed by atoms with Crippen LogP contribution in [-0.2, 0) is 0 Å². The fourth-order valence-electron chi connectivity index (χ4n) is 1.38. The molecule has 2 N–H and O–H groups in total. The Kier molecular flexibility index (Phi) is 3.50. The Labute approximate surface area is 107 Å². The monoisotopic (exact) mass is 269 g/mol. The topological polar surface area (TPSA) is 44.5 Å². The van der Waals surface area contributed by atoms with Crippen molar-refractivity contribution < 1.29 is 22.6 Å². The molecule has 0 radical (unpaired) electrons. The molecule has 0 fully saturated rings. The number of alkyl halides is 3. The first-order valence-electron chi connectivity index (χ1n) is 5.31. The summed E-state index contributed by atoms with van der Waals surface area (Å²) in [6, 6.07) is 11.8. The van der Waals surface area contributed by atoms with E-state index in [1.165, 1.54) is 24.3 Å². The Bertz CT molecular complexity index is 535. The molecule has 6 heteroatoms. The molecule has 2 rings (SSSR count). The lowest BCUT2D eigenvalue weighted by molar-refractivity contribution is -0.274. The minimum absolute atomic E-state index is 0.294. The van der Waals surface area contributed by atoms with Crippen LogP contribution in [0, 0.1) is 0 Å². The van der Waals surface area contributed by atoms with Gasteiger partial charge in [-0.25, -0.2) is 0 Å². The molecule has 0 heterocycles. The highest BCUT2D eigenvalue weighted by molar-refractivity contribution is 5.43. The molecule has 0 aliphatic carbocycles. The summed E-state index contributed by atoms with van der Waals surface area (Å²) < 4.78 is 45.1. The van der Waals surface area contributed by atoms with Gasteiger partial charge in [-0.05, 0) is 48.5 Å². The van der Waals surface area contributed by atoms with E-state index >= 15 is 0 Å². The Morgan fingerprint density at radius 3 is 1.63 bits per heavy atom. The molecule has 19 heavy (non-hydrogen) atoms. The molecular weight excluding hydrogens is 259 g/mol. The predicted molar refractivity (Wildman–Crippen MR) is 64.1 cm³/mol. The van der Waals surface area contributed by atoms with Gasteiger partial charge in [-0.3, -0.25) is 0 Å². The average molecular weight is 269 g/mol. The van der Waals surface area contributed by atoms with Gasteiger partial charge >= 0.3 is 6.36 Å². The Morgan fingerprint density at radius 2 is 1.16 bits per heavy atom. The molecule has 0 amide bonds. The maximum absolute atomic E-state index is 12.0. The van der Waals surface area contributed by atoms with Gasteiger partial charge < -0.3 is 15.2 Å². The van der Waals surface area contributed by atoms with E-state index in [0.717, 1.165) is 0 Å². The number of ether oxygens (including phenoxy) is 2. The molecule has 3 nitrogen and oxygen atoms in total. The highest BCUT2D eigenvalue weighted by Crippen LogP contribution is 2.27. The standard InChI is InChI=1S/C13H10F3NO2/c14-13(15,16)19-12-7-5-11(6-8-12)18-10-3-1-9(17)2-4-10/h1-8H,17H2. The zero-order chi connectivity index (χ0) is 13.9. The smallest absolute Gasteiger partial charge is 0.457 e. The summed E-state index contributed by atoms with van der Waals surface area (Å²) >= 11 is 0. The zero-order valence-electron chi connectivity index (χ0n) is 9.65. The Morgan fingerprint density at radius 1 is 0.737 bits per heavy atom. The minimum atomic E-state index is -4.70. The lowest BCUT2D eigenvalue weighted by Crippen LogP contribution is -2.16. The van der Waals surface area contributed by atoms with E-state index in [2.05, 4.69) is 4.74 Å². The summed E-state index contributed by atoms with van der Waals surface area (Å²) in [7, 11) is 0. The van der Waals surface area contributed by atoms with Crippen LogP contribution < -0.4 is 15.2 Å². The average Bonchev–Trinajstić information content (AvgIpc) is 2.33. The first-order valence-corrected chi connectivity index (χ1v) is 5.31. The number of nitrogens with two attached hydrogens (primary N) is 1. The van der Waals surface area contributed by atoms with Crippen molar-refractivity contribution in [3.63, 3.8) is 0 Å². The number of nitrogen functional groups attached to an aromatic ring is 1. The third kappa shape index (κ3) is 4.09. The normalized spacial score (nSPS) is 11.1. The molecule has 0 bridgehead atoms. The highest BCUT2D eigenvalue weighted by Gasteiger charge is 2.30. The quantitative estimate of drug-likeness (QED) is 0.858. The summed E-state index contributed by atoms with van der Waals surface area (Å²) in [5.41, 5.74) is 6.12. The molecule has 0 spiro atoms. The van der Waals surface area contributed by atoms with Crippen molar-refractivity contribution in [3.8, 4) is 17.2 Å². The van der Waals surface area contributed by atoms with E-state index in [0.29, 0.717) is 17.2 Å². The van der Waals surface area contributed by atoms with Crippen LogP contribution in [0.1, 0.15) is 0 Å². The largest absolute Gasteiger partial charge is 0.573 e. The van der Waals surface area contributed by atoms with Crippen molar-refractivity contribution in [2.75, 3.05) is 5.73 Å². The van der Waals surface area contributed by atoms with Crippen molar-refractivity contribution in [1.82, 2.24) is 0 Å². The maximum atomic E-state index is 12.0. The molecule has 0 atom stereocenters. The summed E-state index contributed by atoms with van der Waals surface area (Å²) in [5, 5.41) is 0. The second-order valence-electron chi connectivity index (χ2n) is 3.69. The van der Waals surface area contributed by atoms with Crippen LogP contribution in [0.25, 0.3) is 0 Å². The van der Waals surface area contributed by atoms with Crippen molar-refractivity contribution in [2.24, 2.45) is 0 Å². The summed E-state index contributed by atoms with van der Waals surface area (Å²) in [5.74, 6) is 0.648. The second-order valence-corrected chi connectivity index (χ2v) is 3.69. The van der Waals surface area contributed by atoms with Crippen molar-refractivity contribution in [3.05, 3.63) is 48.5 Å². The van der Waals surface area contributed by atoms with Gasteiger partial charge in [0, 0.05) is 5.69 Å². The number of halogens is 3. The lowest BCUT2D eigenvalue weighted by atomic mass is 10.3. The zero-order valence-corrected chi connectivity index (χ0v) is 9.65. The van der Waals surface area contributed by atoms with E-state index < -0.39 is 6.36 Å². The molecule has 2 aromatic rings. The van der Waals surface area contributed by atoms with Crippen LogP contribution in [0.2, 0.25) is 0 Å². The van der Waals surface area contributed by atoms with Gasteiger partial charge in [0.2, 0.25) is 0 Å². The van der Waals surface area contributed by atoms with Crippen LogP contribution >= 0.6 is 0 Å². The van der Waals surface area contributed by atoms with Gasteiger partial charge in [0.15, 0.2) is 0 Å². The first-order chi connectivity index (χ1) is 8.92. The SMILES string of the molecule is Nc1ccc(Oc2ccc(OC(F)(F)F)cc2)cc1. The van der Waals surface area contributed by atoms with Crippen LogP contribution in [0.4, 0.5) is 18.9 Å². The molecule has 0 aromatic heterocycles. The number of hydrogen-bond donors (Lipinski definition) is 1. The summed E-state index contributed by atoms with van der Waals surface area (Å²) in [4.78, 5) is 0. The Hall–Kier alpha value is -2.37. The second kappa shape index (κ2) is 5.09. The van der Waals surface area contributed by atoms with Gasteiger partial charge in [0.05, 0.1) is 0 Å². The highest BCUT2D eigenvalue weighted by atomic mass is 19.4. The molecule has 100 valence electrons. The van der Waals surface area contributed by atoms with Gasteiger partial charge in [-0.15, -0.1) is 13.2 Å². The van der Waals surface area contributed by atoms with Crippen molar-refractivity contribution in [2.45, 2.75) is 6.36 Å². The van der Waals surface area contributed by atoms with E-state index in [1.54, 1.807) is 24.3 Å². The summed E-state index contributed by atoms with van der Waals surface area (Å²) in [6.07, 6.45) is -4.70. The van der Waals surface area contributed by atoms with Crippen LogP contribution in [0.3, 0.4) is 0 Å². The van der Waals surface area contributed by atoms with Crippen molar-refractivity contribution in [1.29, 1.82) is 0 Å². The molecule has 0 saturated heterocycles. The third-order valence-electron chi connectivity index (χ3n) is 2.17. The molecule has 0 saturated carbocycles. The molecule has 2 aromatic carbocycles. The van der Waals surface area contributed by atoms with E-state index in [4.69, 9.17) is 10.5 Å². The number of anilines is 1. The van der Waals surface area contributed by atoms with Gasteiger partial charge in [-0.2, -0.15) is 0 Å². The predicted octanol–water partition coefficient (Wildman–Crippen LogP) is 3.96. The van der Waals surface area contributed by atoms with E-state index in [1.807, 2.05) is 0 Å².